The number of carbonyl (C=O) groups is 2. The van der Waals surface area contributed by atoms with Gasteiger partial charge in [-0.15, -0.1) is 12.4 Å². The van der Waals surface area contributed by atoms with Crippen LogP contribution in [-0.2, 0) is 9.59 Å². The Morgan fingerprint density at radius 2 is 1.79 bits per heavy atom. The molecule has 2 rings (SSSR count). The fourth-order valence-electron chi connectivity index (χ4n) is 4.19. The molecule has 0 aromatic rings. The number of piperidine rings is 1. The number of carbonyl (C=O) groups excluding carboxylic acids is 2. The lowest BCUT2D eigenvalue weighted by atomic mass is 9.97. The summed E-state index contributed by atoms with van der Waals surface area (Å²) in [5.74, 6) is 1.81. The van der Waals surface area contributed by atoms with Crippen LogP contribution in [0.2, 0.25) is 0 Å². The van der Waals surface area contributed by atoms with Crippen LogP contribution in [0.25, 0.3) is 0 Å². The Labute approximate surface area is 177 Å². The lowest BCUT2D eigenvalue weighted by Crippen LogP contribution is -2.48. The number of likely N-dealkylation sites (tertiary alicyclic amines) is 1. The largest absolute Gasteiger partial charge is 0.354 e. The van der Waals surface area contributed by atoms with Gasteiger partial charge in [-0.1, -0.05) is 27.7 Å². The van der Waals surface area contributed by atoms with Gasteiger partial charge in [0.15, 0.2) is 0 Å². The first-order chi connectivity index (χ1) is 12.8. The summed E-state index contributed by atoms with van der Waals surface area (Å²) in [6, 6.07) is -0.00750. The molecule has 0 aromatic carbocycles. The molecule has 2 aliphatic rings. The molecule has 2 heterocycles. The van der Waals surface area contributed by atoms with Gasteiger partial charge in [0, 0.05) is 26.2 Å². The minimum absolute atomic E-state index is 0. The zero-order valence-corrected chi connectivity index (χ0v) is 19.0. The molecule has 2 amide bonds. The Balaban J connectivity index is 0.00000392. The highest BCUT2D eigenvalue weighted by Gasteiger charge is 2.26. The maximum atomic E-state index is 12.8. The van der Waals surface area contributed by atoms with Crippen LogP contribution in [0.3, 0.4) is 0 Å². The van der Waals surface area contributed by atoms with Gasteiger partial charge in [0.25, 0.3) is 0 Å². The highest BCUT2D eigenvalue weighted by molar-refractivity contribution is 5.85. The quantitative estimate of drug-likeness (QED) is 0.604. The van der Waals surface area contributed by atoms with Gasteiger partial charge in [-0.3, -0.25) is 14.5 Å². The van der Waals surface area contributed by atoms with Gasteiger partial charge >= 0.3 is 0 Å². The normalized spacial score (nSPS) is 22.9. The van der Waals surface area contributed by atoms with E-state index in [1.54, 1.807) is 0 Å². The molecule has 2 atom stereocenters. The fourth-order valence-corrected chi connectivity index (χ4v) is 4.19. The molecule has 2 fully saturated rings. The molecule has 164 valence electrons. The smallest absolute Gasteiger partial charge is 0.237 e. The van der Waals surface area contributed by atoms with E-state index in [9.17, 15) is 9.59 Å². The first kappa shape index (κ1) is 25.2. The van der Waals surface area contributed by atoms with Crippen LogP contribution in [0, 0.1) is 17.8 Å². The number of nitrogens with one attached hydrogen (secondary N) is 2. The fraction of sp³-hybridized carbons (Fsp3) is 0.905. The summed E-state index contributed by atoms with van der Waals surface area (Å²) in [4.78, 5) is 29.3. The SMILES string of the molecule is CC(C)CN(CC(C)C)C(=O)CN1CCCC(CNC(=O)C2CCCN2)C1.Cl. The lowest BCUT2D eigenvalue weighted by molar-refractivity contribution is -0.134. The molecule has 0 aromatic heterocycles. The van der Waals surface area contributed by atoms with Crippen molar-refractivity contribution in [1.29, 1.82) is 0 Å². The summed E-state index contributed by atoms with van der Waals surface area (Å²) in [7, 11) is 0. The maximum absolute atomic E-state index is 12.8. The first-order valence-corrected chi connectivity index (χ1v) is 10.9. The molecule has 6 nitrogen and oxygen atoms in total. The zero-order chi connectivity index (χ0) is 19.8. The summed E-state index contributed by atoms with van der Waals surface area (Å²) in [5, 5.41) is 6.37. The average Bonchev–Trinajstić information content (AvgIpc) is 3.13. The van der Waals surface area contributed by atoms with Crippen molar-refractivity contribution in [3.8, 4) is 0 Å². The van der Waals surface area contributed by atoms with Crippen molar-refractivity contribution in [3.05, 3.63) is 0 Å². The Morgan fingerprint density at radius 1 is 1.11 bits per heavy atom. The highest BCUT2D eigenvalue weighted by Crippen LogP contribution is 2.17. The second-order valence-electron chi connectivity index (χ2n) is 9.22. The molecule has 7 heteroatoms. The Morgan fingerprint density at radius 3 is 2.36 bits per heavy atom. The number of halogens is 1. The number of hydrogen-bond donors (Lipinski definition) is 2. The summed E-state index contributed by atoms with van der Waals surface area (Å²) < 4.78 is 0. The van der Waals surface area contributed by atoms with Gasteiger partial charge < -0.3 is 15.5 Å². The lowest BCUT2D eigenvalue weighted by Gasteiger charge is -2.35. The van der Waals surface area contributed by atoms with Crippen molar-refractivity contribution < 1.29 is 9.59 Å². The Kier molecular flexibility index (Phi) is 11.4. The number of nitrogens with zero attached hydrogens (tertiary/aromatic N) is 2. The third-order valence-electron chi connectivity index (χ3n) is 5.43. The molecule has 2 saturated heterocycles. The average molecular weight is 417 g/mol. The van der Waals surface area contributed by atoms with Crippen LogP contribution in [0.15, 0.2) is 0 Å². The molecule has 28 heavy (non-hydrogen) atoms. The van der Waals surface area contributed by atoms with Crippen LogP contribution in [0.1, 0.15) is 53.4 Å². The minimum Gasteiger partial charge on any atom is -0.354 e. The molecule has 2 N–H and O–H groups in total. The molecule has 2 aliphatic heterocycles. The third-order valence-corrected chi connectivity index (χ3v) is 5.43. The molecule has 0 bridgehead atoms. The van der Waals surface area contributed by atoms with Crippen molar-refractivity contribution in [1.82, 2.24) is 20.4 Å². The van der Waals surface area contributed by atoms with Gasteiger partial charge in [0.2, 0.25) is 11.8 Å². The van der Waals surface area contributed by atoms with Crippen molar-refractivity contribution in [2.75, 3.05) is 45.8 Å². The van der Waals surface area contributed by atoms with Crippen LogP contribution in [0.5, 0.6) is 0 Å². The number of hydrogen-bond acceptors (Lipinski definition) is 4. The van der Waals surface area contributed by atoms with Gasteiger partial charge in [-0.25, -0.2) is 0 Å². The molecule has 2 unspecified atom stereocenters. The summed E-state index contributed by atoms with van der Waals surface area (Å²) >= 11 is 0. The van der Waals surface area contributed by atoms with Crippen molar-refractivity contribution in [2.24, 2.45) is 17.8 Å². The van der Waals surface area contributed by atoms with E-state index in [4.69, 9.17) is 0 Å². The van der Waals surface area contributed by atoms with Gasteiger partial charge in [0.05, 0.1) is 12.6 Å². The second-order valence-corrected chi connectivity index (χ2v) is 9.22. The highest BCUT2D eigenvalue weighted by atomic mass is 35.5. The molecule has 0 aliphatic carbocycles. The van der Waals surface area contributed by atoms with E-state index in [2.05, 4.69) is 43.2 Å². The Hall–Kier alpha value is -0.850. The van der Waals surface area contributed by atoms with E-state index >= 15 is 0 Å². The monoisotopic (exact) mass is 416 g/mol. The van der Waals surface area contributed by atoms with E-state index in [-0.39, 0.29) is 30.3 Å². The standard InChI is InChI=1S/C21H40N4O2.ClH/c1-16(2)12-25(13-17(3)4)20(26)15-24-10-6-7-18(14-24)11-23-21(27)19-8-5-9-22-19;/h16-19,22H,5-15H2,1-4H3,(H,23,27);1H. The predicted octanol–water partition coefficient (Wildman–Crippen LogP) is 2.13. The number of amides is 2. The van der Waals surface area contributed by atoms with Crippen molar-refractivity contribution >= 4 is 24.2 Å². The molecule has 0 saturated carbocycles. The van der Waals surface area contributed by atoms with Gasteiger partial charge in [-0.2, -0.15) is 0 Å². The number of rotatable bonds is 9. The van der Waals surface area contributed by atoms with Crippen LogP contribution < -0.4 is 10.6 Å². The van der Waals surface area contributed by atoms with E-state index in [0.29, 0.717) is 24.3 Å². The zero-order valence-electron chi connectivity index (χ0n) is 18.2. The Bertz CT molecular complexity index is 471. The van der Waals surface area contributed by atoms with E-state index in [0.717, 1.165) is 65.0 Å². The van der Waals surface area contributed by atoms with Crippen molar-refractivity contribution in [2.45, 2.75) is 59.4 Å². The first-order valence-electron chi connectivity index (χ1n) is 10.9. The molecule has 0 spiro atoms. The van der Waals surface area contributed by atoms with Crippen LogP contribution >= 0.6 is 12.4 Å². The minimum atomic E-state index is -0.00750. The van der Waals surface area contributed by atoms with E-state index in [1.807, 2.05) is 4.90 Å². The van der Waals surface area contributed by atoms with E-state index in [1.165, 1.54) is 0 Å². The van der Waals surface area contributed by atoms with Gasteiger partial charge in [-0.05, 0) is 56.5 Å². The third kappa shape index (κ3) is 8.66. The van der Waals surface area contributed by atoms with Crippen molar-refractivity contribution in [3.63, 3.8) is 0 Å². The summed E-state index contributed by atoms with van der Waals surface area (Å²) in [5.41, 5.74) is 0. The van der Waals surface area contributed by atoms with E-state index < -0.39 is 0 Å². The predicted molar refractivity (Wildman–Crippen MR) is 117 cm³/mol. The van der Waals surface area contributed by atoms with Crippen LogP contribution in [0.4, 0.5) is 0 Å². The topological polar surface area (TPSA) is 64.7 Å². The summed E-state index contributed by atoms with van der Waals surface area (Å²) in [6.07, 6.45) is 4.26. The maximum Gasteiger partial charge on any atom is 0.237 e. The summed E-state index contributed by atoms with van der Waals surface area (Å²) in [6.45, 7) is 14.4. The molecular weight excluding hydrogens is 376 g/mol. The van der Waals surface area contributed by atoms with Crippen LogP contribution in [-0.4, -0.2) is 73.5 Å². The second kappa shape index (κ2) is 12.7. The molecular formula is C21H41ClN4O2. The molecule has 0 radical (unpaired) electrons. The van der Waals surface area contributed by atoms with Gasteiger partial charge in [0.1, 0.15) is 0 Å².